The van der Waals surface area contributed by atoms with Gasteiger partial charge in [-0.15, -0.1) is 0 Å². The number of aliphatic hydroxyl groups excluding tert-OH is 1. The number of rotatable bonds is 4. The van der Waals surface area contributed by atoms with E-state index < -0.39 is 0 Å². The molecule has 3 N–H and O–H groups in total. The lowest BCUT2D eigenvalue weighted by atomic mass is 10.1. The first kappa shape index (κ1) is 12.5. The van der Waals surface area contributed by atoms with E-state index in [1.54, 1.807) is 6.07 Å². The van der Waals surface area contributed by atoms with Crippen molar-refractivity contribution >= 4 is 5.69 Å². The van der Waals surface area contributed by atoms with Crippen LogP contribution in [0.2, 0.25) is 0 Å². The average molecular weight is 243 g/mol. The molecule has 18 heavy (non-hydrogen) atoms. The Morgan fingerprint density at radius 1 is 1.06 bits per heavy atom. The van der Waals surface area contributed by atoms with E-state index in [2.05, 4.69) is 5.32 Å². The topological polar surface area (TPSA) is 52.5 Å². The molecule has 2 aromatic carbocycles. The van der Waals surface area contributed by atoms with Crippen molar-refractivity contribution in [3.63, 3.8) is 0 Å². The third-order valence-electron chi connectivity index (χ3n) is 2.89. The van der Waals surface area contributed by atoms with Gasteiger partial charge in [0, 0.05) is 23.4 Å². The summed E-state index contributed by atoms with van der Waals surface area (Å²) in [6.45, 7) is 2.53. The summed E-state index contributed by atoms with van der Waals surface area (Å²) in [4.78, 5) is 0. The maximum Gasteiger partial charge on any atom is 0.120 e. The van der Waals surface area contributed by atoms with E-state index in [1.807, 2.05) is 43.3 Å². The maximum atomic E-state index is 9.75. The van der Waals surface area contributed by atoms with Crippen molar-refractivity contribution < 1.29 is 10.2 Å². The van der Waals surface area contributed by atoms with Crippen LogP contribution in [-0.4, -0.2) is 10.2 Å². The zero-order valence-corrected chi connectivity index (χ0v) is 10.4. The molecule has 3 nitrogen and oxygen atoms in total. The molecule has 0 spiro atoms. The minimum atomic E-state index is 0.00295. The highest BCUT2D eigenvalue weighted by atomic mass is 16.3. The van der Waals surface area contributed by atoms with Gasteiger partial charge in [0.05, 0.1) is 6.61 Å². The van der Waals surface area contributed by atoms with E-state index in [-0.39, 0.29) is 12.4 Å². The second-order valence-corrected chi connectivity index (χ2v) is 4.30. The van der Waals surface area contributed by atoms with Crippen LogP contribution in [-0.2, 0) is 13.2 Å². The molecule has 0 heterocycles. The minimum Gasteiger partial charge on any atom is -0.508 e. The smallest absolute Gasteiger partial charge is 0.120 e. The second-order valence-electron chi connectivity index (χ2n) is 4.30. The number of anilines is 1. The zero-order valence-electron chi connectivity index (χ0n) is 10.4. The van der Waals surface area contributed by atoms with Gasteiger partial charge in [0.1, 0.15) is 5.75 Å². The Balaban J connectivity index is 2.14. The Kier molecular flexibility index (Phi) is 3.85. The van der Waals surface area contributed by atoms with Crippen LogP contribution in [0.25, 0.3) is 0 Å². The molecule has 0 aliphatic carbocycles. The summed E-state index contributed by atoms with van der Waals surface area (Å²) in [7, 11) is 0. The highest BCUT2D eigenvalue weighted by molar-refractivity contribution is 5.51. The van der Waals surface area contributed by atoms with Crippen molar-refractivity contribution in [2.24, 2.45) is 0 Å². The number of phenols is 1. The van der Waals surface area contributed by atoms with Gasteiger partial charge in [0.15, 0.2) is 0 Å². The Morgan fingerprint density at radius 3 is 2.61 bits per heavy atom. The first-order valence-electron chi connectivity index (χ1n) is 5.92. The van der Waals surface area contributed by atoms with E-state index in [1.165, 1.54) is 0 Å². The highest BCUT2D eigenvalue weighted by Crippen LogP contribution is 2.21. The van der Waals surface area contributed by atoms with Gasteiger partial charge in [-0.25, -0.2) is 0 Å². The number of nitrogens with one attached hydrogen (secondary N) is 1. The summed E-state index contributed by atoms with van der Waals surface area (Å²) in [5.41, 5.74) is 3.70. The molecule has 2 rings (SSSR count). The molecule has 0 fully saturated rings. The van der Waals surface area contributed by atoms with Crippen LogP contribution in [0, 0.1) is 6.92 Å². The van der Waals surface area contributed by atoms with E-state index in [9.17, 15) is 10.2 Å². The number of para-hydroxylation sites is 1. The number of aliphatic hydroxyl groups is 1. The van der Waals surface area contributed by atoms with Gasteiger partial charge in [-0.05, 0) is 19.1 Å². The summed E-state index contributed by atoms with van der Waals surface area (Å²) >= 11 is 0. The van der Waals surface area contributed by atoms with Crippen molar-refractivity contribution in [2.75, 3.05) is 5.32 Å². The quantitative estimate of drug-likeness (QED) is 0.774. The third-order valence-corrected chi connectivity index (χ3v) is 2.89. The minimum absolute atomic E-state index is 0.00295. The number of phenolic OH excluding ortho intramolecular Hbond substituents is 1. The van der Waals surface area contributed by atoms with Crippen LogP contribution in [0.5, 0.6) is 5.75 Å². The SMILES string of the molecule is Cc1ccc(O)c(CNc2ccccc2CO)c1. The van der Waals surface area contributed by atoms with Crippen LogP contribution in [0.1, 0.15) is 16.7 Å². The predicted molar refractivity (Wildman–Crippen MR) is 72.5 cm³/mol. The second kappa shape index (κ2) is 5.56. The first-order chi connectivity index (χ1) is 8.70. The van der Waals surface area contributed by atoms with Crippen LogP contribution in [0.3, 0.4) is 0 Å². The fourth-order valence-electron chi connectivity index (χ4n) is 1.88. The van der Waals surface area contributed by atoms with E-state index >= 15 is 0 Å². The molecule has 0 radical (unpaired) electrons. The van der Waals surface area contributed by atoms with E-state index in [4.69, 9.17) is 0 Å². The molecule has 94 valence electrons. The van der Waals surface area contributed by atoms with Crippen LogP contribution >= 0.6 is 0 Å². The molecular weight excluding hydrogens is 226 g/mol. The molecule has 2 aromatic rings. The number of benzene rings is 2. The normalized spacial score (nSPS) is 10.3. The first-order valence-corrected chi connectivity index (χ1v) is 5.92. The average Bonchev–Trinajstić information content (AvgIpc) is 2.40. The number of aryl methyl sites for hydroxylation is 1. The predicted octanol–water partition coefficient (Wildman–Crippen LogP) is 2.81. The lowest BCUT2D eigenvalue weighted by molar-refractivity contribution is 0.282. The molecule has 0 atom stereocenters. The molecule has 0 amide bonds. The van der Waals surface area contributed by atoms with Gasteiger partial charge < -0.3 is 15.5 Å². The summed E-state index contributed by atoms with van der Waals surface area (Å²) in [5.74, 6) is 0.287. The summed E-state index contributed by atoms with van der Waals surface area (Å²) < 4.78 is 0. The summed E-state index contributed by atoms with van der Waals surface area (Å²) in [6, 6.07) is 13.1. The van der Waals surface area contributed by atoms with Crippen molar-refractivity contribution in [3.8, 4) is 5.75 Å². The molecule has 0 bridgehead atoms. The number of hydrogen-bond acceptors (Lipinski definition) is 3. The van der Waals surface area contributed by atoms with Gasteiger partial charge in [0.2, 0.25) is 0 Å². The summed E-state index contributed by atoms with van der Waals surface area (Å²) in [5, 5.41) is 22.2. The fourth-order valence-corrected chi connectivity index (χ4v) is 1.88. The van der Waals surface area contributed by atoms with Crippen LogP contribution in [0.4, 0.5) is 5.69 Å². The van der Waals surface area contributed by atoms with E-state index in [0.717, 1.165) is 22.4 Å². The third kappa shape index (κ3) is 2.81. The molecule has 0 aliphatic heterocycles. The lowest BCUT2D eigenvalue weighted by Gasteiger charge is -2.11. The number of hydrogen-bond donors (Lipinski definition) is 3. The Hall–Kier alpha value is -2.00. The fraction of sp³-hybridized carbons (Fsp3) is 0.200. The van der Waals surface area contributed by atoms with Gasteiger partial charge in [-0.2, -0.15) is 0 Å². The van der Waals surface area contributed by atoms with Crippen molar-refractivity contribution in [1.29, 1.82) is 0 Å². The van der Waals surface area contributed by atoms with Gasteiger partial charge >= 0.3 is 0 Å². The Bertz CT molecular complexity index is 538. The largest absolute Gasteiger partial charge is 0.508 e. The molecule has 0 unspecified atom stereocenters. The number of aromatic hydroxyl groups is 1. The van der Waals surface area contributed by atoms with Crippen molar-refractivity contribution in [3.05, 3.63) is 59.2 Å². The van der Waals surface area contributed by atoms with Gasteiger partial charge in [-0.1, -0.05) is 35.9 Å². The highest BCUT2D eigenvalue weighted by Gasteiger charge is 2.03. The Labute approximate surface area is 107 Å². The van der Waals surface area contributed by atoms with Gasteiger partial charge in [-0.3, -0.25) is 0 Å². The van der Waals surface area contributed by atoms with Crippen LogP contribution < -0.4 is 5.32 Å². The lowest BCUT2D eigenvalue weighted by Crippen LogP contribution is -2.02. The maximum absolute atomic E-state index is 9.75. The molecular formula is C15H17NO2. The van der Waals surface area contributed by atoms with E-state index in [0.29, 0.717) is 6.54 Å². The Morgan fingerprint density at radius 2 is 1.83 bits per heavy atom. The molecule has 3 heteroatoms. The molecule has 0 aromatic heterocycles. The van der Waals surface area contributed by atoms with Gasteiger partial charge in [0.25, 0.3) is 0 Å². The van der Waals surface area contributed by atoms with Crippen molar-refractivity contribution in [1.82, 2.24) is 0 Å². The zero-order chi connectivity index (χ0) is 13.0. The summed E-state index contributed by atoms with van der Waals surface area (Å²) in [6.07, 6.45) is 0. The van der Waals surface area contributed by atoms with Crippen LogP contribution in [0.15, 0.2) is 42.5 Å². The monoisotopic (exact) mass is 243 g/mol. The molecule has 0 saturated carbocycles. The molecule has 0 aliphatic rings. The molecule has 0 saturated heterocycles. The van der Waals surface area contributed by atoms with Crippen molar-refractivity contribution in [2.45, 2.75) is 20.1 Å². The standard InChI is InChI=1S/C15H17NO2/c1-11-6-7-15(18)13(8-11)9-16-14-5-3-2-4-12(14)10-17/h2-8,16-18H,9-10H2,1H3.